The molecule has 0 spiro atoms. The summed E-state index contributed by atoms with van der Waals surface area (Å²) in [4.78, 5) is 11.9. The number of hydrogen-bond donors (Lipinski definition) is 1. The van der Waals surface area contributed by atoms with E-state index in [1.54, 1.807) is 0 Å². The molecule has 0 heterocycles. The van der Waals surface area contributed by atoms with E-state index in [1.807, 2.05) is 6.92 Å². The van der Waals surface area contributed by atoms with E-state index in [9.17, 15) is 18.3 Å². The molecule has 0 saturated carbocycles. The number of benzene rings is 1. The number of rotatable bonds is 10. The first-order valence-corrected chi connectivity index (χ1v) is 9.07. The zero-order chi connectivity index (χ0) is 17.5. The van der Waals surface area contributed by atoms with Gasteiger partial charge in [0.15, 0.2) is 14.6 Å². The Morgan fingerprint density at radius 2 is 1.91 bits per heavy atom. The minimum Gasteiger partial charge on any atom is -0.497 e. The number of methoxy groups -OCH3 is 1. The fraction of sp³-hybridized carbons (Fsp3) is 0.471. The van der Waals surface area contributed by atoms with Crippen molar-refractivity contribution < 1.29 is 23.1 Å². The zero-order valence-corrected chi connectivity index (χ0v) is 14.4. The number of sulfone groups is 1. The number of carbonyl (C=O) groups is 1. The summed E-state index contributed by atoms with van der Waals surface area (Å²) in [5, 5.41) is 9.70. The fourth-order valence-corrected chi connectivity index (χ4v) is 4.46. The fourth-order valence-electron chi connectivity index (χ4n) is 2.53. The molecule has 1 rings (SSSR count). The van der Waals surface area contributed by atoms with Gasteiger partial charge in [-0.3, -0.25) is 4.79 Å². The van der Waals surface area contributed by atoms with Crippen LogP contribution >= 0.6 is 0 Å². The van der Waals surface area contributed by atoms with Gasteiger partial charge in [-0.2, -0.15) is 0 Å². The van der Waals surface area contributed by atoms with Crippen molar-refractivity contribution in [3.8, 4) is 5.75 Å². The van der Waals surface area contributed by atoms with Gasteiger partial charge in [-0.15, -0.1) is 6.58 Å². The maximum atomic E-state index is 13.0. The SMILES string of the molecule is C=CCC(CCCCC)(C(=O)O)S(=O)(=O)c1ccc(OC)cc1. The van der Waals surface area contributed by atoms with E-state index < -0.39 is 20.6 Å². The lowest BCUT2D eigenvalue weighted by molar-refractivity contribution is -0.140. The molecule has 0 fully saturated rings. The first kappa shape index (κ1) is 19.2. The first-order valence-electron chi connectivity index (χ1n) is 7.58. The van der Waals surface area contributed by atoms with Crippen LogP contribution in [0.15, 0.2) is 41.8 Å². The molecule has 0 aliphatic rings. The Morgan fingerprint density at radius 3 is 2.35 bits per heavy atom. The molecular weight excluding hydrogens is 316 g/mol. The van der Waals surface area contributed by atoms with Crippen LogP contribution in [0.1, 0.15) is 39.0 Å². The Morgan fingerprint density at radius 1 is 1.30 bits per heavy atom. The van der Waals surface area contributed by atoms with Gasteiger partial charge in [0, 0.05) is 0 Å². The second kappa shape index (κ2) is 8.15. The van der Waals surface area contributed by atoms with Crippen molar-refractivity contribution in [3.05, 3.63) is 36.9 Å². The maximum absolute atomic E-state index is 13.0. The molecule has 1 aromatic rings. The van der Waals surface area contributed by atoms with Gasteiger partial charge in [-0.25, -0.2) is 8.42 Å². The van der Waals surface area contributed by atoms with Crippen LogP contribution < -0.4 is 4.74 Å². The van der Waals surface area contributed by atoms with Crippen LogP contribution in [0, 0.1) is 0 Å². The third-order valence-electron chi connectivity index (χ3n) is 3.93. The van der Waals surface area contributed by atoms with E-state index in [2.05, 4.69) is 6.58 Å². The highest BCUT2D eigenvalue weighted by Gasteiger charge is 2.50. The molecule has 23 heavy (non-hydrogen) atoms. The molecule has 5 nitrogen and oxygen atoms in total. The Bertz CT molecular complexity index is 633. The summed E-state index contributed by atoms with van der Waals surface area (Å²) in [6.07, 6.45) is 3.50. The molecule has 0 radical (unpaired) electrons. The van der Waals surface area contributed by atoms with Crippen LogP contribution in [0.2, 0.25) is 0 Å². The Hall–Kier alpha value is -1.82. The Balaban J connectivity index is 3.35. The molecule has 1 aromatic carbocycles. The molecule has 0 amide bonds. The summed E-state index contributed by atoms with van der Waals surface area (Å²) in [6, 6.07) is 5.79. The van der Waals surface area contributed by atoms with Crippen molar-refractivity contribution >= 4 is 15.8 Å². The third kappa shape index (κ3) is 3.93. The summed E-state index contributed by atoms with van der Waals surface area (Å²) in [7, 11) is -2.58. The molecule has 0 saturated heterocycles. The smallest absolute Gasteiger partial charge is 0.325 e. The summed E-state index contributed by atoms with van der Waals surface area (Å²) >= 11 is 0. The number of hydrogen-bond acceptors (Lipinski definition) is 4. The Kier molecular flexibility index (Phi) is 6.81. The number of allylic oxidation sites excluding steroid dienone is 1. The van der Waals surface area contributed by atoms with Crippen LogP contribution in [0.4, 0.5) is 0 Å². The van der Waals surface area contributed by atoms with E-state index in [0.29, 0.717) is 12.2 Å². The minimum atomic E-state index is -4.06. The van der Waals surface area contributed by atoms with Gasteiger partial charge in [-0.1, -0.05) is 32.3 Å². The average Bonchev–Trinajstić information content (AvgIpc) is 2.53. The Labute approximate surface area is 137 Å². The van der Waals surface area contributed by atoms with Gasteiger partial charge in [0.05, 0.1) is 12.0 Å². The monoisotopic (exact) mass is 340 g/mol. The van der Waals surface area contributed by atoms with Gasteiger partial charge < -0.3 is 9.84 Å². The van der Waals surface area contributed by atoms with E-state index in [-0.39, 0.29) is 17.7 Å². The van der Waals surface area contributed by atoms with E-state index in [0.717, 1.165) is 12.8 Å². The van der Waals surface area contributed by atoms with E-state index in [1.165, 1.54) is 37.5 Å². The van der Waals surface area contributed by atoms with Gasteiger partial charge in [0.2, 0.25) is 0 Å². The molecule has 0 bridgehead atoms. The predicted molar refractivity (Wildman–Crippen MR) is 89.5 cm³/mol. The molecule has 0 aromatic heterocycles. The number of aliphatic carboxylic acids is 1. The van der Waals surface area contributed by atoms with Gasteiger partial charge >= 0.3 is 5.97 Å². The van der Waals surface area contributed by atoms with Crippen molar-refractivity contribution in [1.82, 2.24) is 0 Å². The van der Waals surface area contributed by atoms with Crippen LogP contribution in [0.3, 0.4) is 0 Å². The van der Waals surface area contributed by atoms with Gasteiger partial charge in [0.25, 0.3) is 0 Å². The second-order valence-corrected chi connectivity index (χ2v) is 7.69. The van der Waals surface area contributed by atoms with Crippen LogP contribution in [0.5, 0.6) is 5.75 Å². The molecule has 1 N–H and O–H groups in total. The number of ether oxygens (including phenoxy) is 1. The molecule has 0 aliphatic heterocycles. The lowest BCUT2D eigenvalue weighted by atomic mass is 9.97. The normalized spacial score (nSPS) is 14.0. The van der Waals surface area contributed by atoms with Crippen molar-refractivity contribution in [1.29, 1.82) is 0 Å². The van der Waals surface area contributed by atoms with E-state index in [4.69, 9.17) is 4.74 Å². The lowest BCUT2D eigenvalue weighted by Gasteiger charge is -2.28. The number of carboxylic acids is 1. The molecule has 0 aliphatic carbocycles. The maximum Gasteiger partial charge on any atom is 0.325 e. The number of carboxylic acid groups (broad SMARTS) is 1. The highest BCUT2D eigenvalue weighted by molar-refractivity contribution is 7.93. The lowest BCUT2D eigenvalue weighted by Crippen LogP contribution is -2.46. The standard InChI is InChI=1S/C17H24O5S/c1-4-6-7-13-17(12-5-2,16(18)19)23(20,21)15-10-8-14(22-3)9-11-15/h5,8-11H,2,4,6-7,12-13H2,1,3H3,(H,18,19). The summed E-state index contributed by atoms with van der Waals surface area (Å²) < 4.78 is 29.2. The van der Waals surface area contributed by atoms with Crippen molar-refractivity contribution in [2.45, 2.75) is 48.7 Å². The minimum absolute atomic E-state index is 0.0148. The third-order valence-corrected chi connectivity index (χ3v) is 6.40. The zero-order valence-electron chi connectivity index (χ0n) is 13.6. The molecule has 128 valence electrons. The average molecular weight is 340 g/mol. The quantitative estimate of drug-likeness (QED) is 0.521. The molecule has 1 atom stereocenters. The van der Waals surface area contributed by atoms with Crippen molar-refractivity contribution in [3.63, 3.8) is 0 Å². The largest absolute Gasteiger partial charge is 0.497 e. The molecular formula is C17H24O5S. The van der Waals surface area contributed by atoms with Crippen LogP contribution in [-0.4, -0.2) is 31.4 Å². The first-order chi connectivity index (χ1) is 10.9. The number of unbranched alkanes of at least 4 members (excludes halogenated alkanes) is 2. The van der Waals surface area contributed by atoms with Crippen molar-refractivity contribution in [2.75, 3.05) is 7.11 Å². The highest BCUT2D eigenvalue weighted by atomic mass is 32.2. The molecule has 1 unspecified atom stereocenters. The predicted octanol–water partition coefficient (Wildman–Crippen LogP) is 3.45. The van der Waals surface area contributed by atoms with E-state index >= 15 is 0 Å². The van der Waals surface area contributed by atoms with Crippen LogP contribution in [0.25, 0.3) is 0 Å². The second-order valence-electron chi connectivity index (χ2n) is 5.43. The van der Waals surface area contributed by atoms with Crippen molar-refractivity contribution in [2.24, 2.45) is 0 Å². The highest BCUT2D eigenvalue weighted by Crippen LogP contribution is 2.35. The summed E-state index contributed by atoms with van der Waals surface area (Å²) in [5.41, 5.74) is 0. The van der Waals surface area contributed by atoms with Crippen LogP contribution in [-0.2, 0) is 14.6 Å². The summed E-state index contributed by atoms with van der Waals surface area (Å²) in [6.45, 7) is 5.52. The molecule has 6 heteroatoms. The summed E-state index contributed by atoms with van der Waals surface area (Å²) in [5.74, 6) is -0.816. The van der Waals surface area contributed by atoms with Gasteiger partial charge in [-0.05, 0) is 37.1 Å². The topological polar surface area (TPSA) is 80.7 Å². The van der Waals surface area contributed by atoms with Gasteiger partial charge in [0.1, 0.15) is 5.75 Å².